The Morgan fingerprint density at radius 3 is 2.67 bits per heavy atom. The van der Waals surface area contributed by atoms with Crippen LogP contribution in [0.25, 0.3) is 0 Å². The van der Waals surface area contributed by atoms with Crippen LogP contribution in [0.15, 0.2) is 18.2 Å². The van der Waals surface area contributed by atoms with Crippen molar-refractivity contribution in [3.8, 4) is 6.07 Å². The van der Waals surface area contributed by atoms with Crippen LogP contribution in [0.4, 0.5) is 0 Å². The highest BCUT2D eigenvalue weighted by Crippen LogP contribution is 2.22. The number of ether oxygens (including phenoxy) is 1. The van der Waals surface area contributed by atoms with Gasteiger partial charge in [-0.05, 0) is 37.0 Å². The first-order chi connectivity index (χ1) is 12.8. The topological polar surface area (TPSA) is 99.5 Å². The normalized spacial score (nSPS) is 17.3. The molecular weight excluding hydrogens is 370 g/mol. The molecule has 1 aliphatic rings. The Hall–Kier alpha value is -2.59. The summed E-state index contributed by atoms with van der Waals surface area (Å²) in [5, 5.41) is 12.0. The number of rotatable bonds is 5. The average molecular weight is 392 g/mol. The lowest BCUT2D eigenvalue weighted by molar-refractivity contribution is -0.151. The Labute approximate surface area is 163 Å². The summed E-state index contributed by atoms with van der Waals surface area (Å²) in [7, 11) is 1.29. The molecule has 1 saturated heterocycles. The molecule has 0 saturated carbocycles. The predicted molar refractivity (Wildman–Crippen MR) is 99.0 cm³/mol. The summed E-state index contributed by atoms with van der Waals surface area (Å²) in [5.41, 5.74) is 0.419. The standard InChI is InChI=1S/C19H22ClN3O4/c1-11(2)16(18(25)23-8-4-5-15(23)19(26)27-3)22-17(24)12-6-7-14(20)13(9-12)10-21/h6-7,9,11,15-16H,4-5,8H2,1-3H3,(H,22,24)/t15-,16-/m0/s1. The Bertz CT molecular complexity index is 788. The minimum Gasteiger partial charge on any atom is -0.467 e. The third kappa shape index (κ3) is 4.58. The summed E-state index contributed by atoms with van der Waals surface area (Å²) in [6, 6.07) is 4.84. The van der Waals surface area contributed by atoms with E-state index in [4.69, 9.17) is 21.6 Å². The highest BCUT2D eigenvalue weighted by Gasteiger charge is 2.39. The molecule has 1 heterocycles. The van der Waals surface area contributed by atoms with Gasteiger partial charge in [-0.1, -0.05) is 25.4 Å². The zero-order valence-corrected chi connectivity index (χ0v) is 16.2. The average Bonchev–Trinajstić information content (AvgIpc) is 3.14. The SMILES string of the molecule is COC(=O)[C@@H]1CCCN1C(=O)[C@@H](NC(=O)c1ccc(Cl)c(C#N)c1)C(C)C. The van der Waals surface area contributed by atoms with Crippen LogP contribution in [0.2, 0.25) is 5.02 Å². The summed E-state index contributed by atoms with van der Waals surface area (Å²) < 4.78 is 4.78. The maximum absolute atomic E-state index is 13.0. The molecule has 144 valence electrons. The van der Waals surface area contributed by atoms with Gasteiger partial charge in [0, 0.05) is 12.1 Å². The summed E-state index contributed by atoms with van der Waals surface area (Å²) in [6.07, 6.45) is 1.24. The highest BCUT2D eigenvalue weighted by molar-refractivity contribution is 6.31. The number of carbonyl (C=O) groups excluding carboxylic acids is 3. The van der Waals surface area contributed by atoms with E-state index in [0.717, 1.165) is 0 Å². The largest absolute Gasteiger partial charge is 0.467 e. The van der Waals surface area contributed by atoms with Crippen LogP contribution in [-0.2, 0) is 14.3 Å². The van der Waals surface area contributed by atoms with Gasteiger partial charge >= 0.3 is 5.97 Å². The molecule has 0 aromatic heterocycles. The van der Waals surface area contributed by atoms with Crippen LogP contribution in [-0.4, -0.2) is 48.4 Å². The second kappa shape index (κ2) is 8.87. The van der Waals surface area contributed by atoms with E-state index in [0.29, 0.717) is 19.4 Å². The van der Waals surface area contributed by atoms with Crippen molar-refractivity contribution in [1.29, 1.82) is 5.26 Å². The molecule has 0 bridgehead atoms. The molecule has 8 heteroatoms. The van der Waals surface area contributed by atoms with E-state index in [1.807, 2.05) is 19.9 Å². The molecule has 7 nitrogen and oxygen atoms in total. The summed E-state index contributed by atoms with van der Waals surface area (Å²) >= 11 is 5.89. The lowest BCUT2D eigenvalue weighted by Crippen LogP contribution is -2.53. The number of hydrogen-bond donors (Lipinski definition) is 1. The second-order valence-electron chi connectivity index (χ2n) is 6.71. The zero-order chi connectivity index (χ0) is 20.1. The number of nitrogens with one attached hydrogen (secondary N) is 1. The summed E-state index contributed by atoms with van der Waals surface area (Å²) in [5.74, 6) is -1.45. The van der Waals surface area contributed by atoms with Crippen molar-refractivity contribution in [3.05, 3.63) is 34.3 Å². The second-order valence-corrected chi connectivity index (χ2v) is 7.12. The minimum absolute atomic E-state index is 0.182. The molecule has 0 aliphatic carbocycles. The van der Waals surface area contributed by atoms with Gasteiger partial charge in [0.15, 0.2) is 0 Å². The fourth-order valence-corrected chi connectivity index (χ4v) is 3.24. The van der Waals surface area contributed by atoms with Crippen molar-refractivity contribution >= 4 is 29.4 Å². The number of esters is 1. The number of benzene rings is 1. The van der Waals surface area contributed by atoms with Gasteiger partial charge in [0.2, 0.25) is 5.91 Å². The van der Waals surface area contributed by atoms with E-state index >= 15 is 0 Å². The van der Waals surface area contributed by atoms with Gasteiger partial charge in [0.1, 0.15) is 18.2 Å². The Morgan fingerprint density at radius 1 is 1.37 bits per heavy atom. The Morgan fingerprint density at radius 2 is 2.07 bits per heavy atom. The number of halogens is 1. The first-order valence-electron chi connectivity index (χ1n) is 8.69. The molecule has 1 aromatic carbocycles. The maximum Gasteiger partial charge on any atom is 0.328 e. The smallest absolute Gasteiger partial charge is 0.328 e. The Balaban J connectivity index is 2.20. The van der Waals surface area contributed by atoms with Crippen molar-refractivity contribution in [2.75, 3.05) is 13.7 Å². The molecular formula is C19H22ClN3O4. The van der Waals surface area contributed by atoms with E-state index in [-0.39, 0.29) is 28.0 Å². The first kappa shape index (κ1) is 20.7. The summed E-state index contributed by atoms with van der Waals surface area (Å²) in [4.78, 5) is 39.0. The third-order valence-corrected chi connectivity index (χ3v) is 4.91. The number of nitriles is 1. The van der Waals surface area contributed by atoms with Gasteiger partial charge < -0.3 is 15.0 Å². The molecule has 2 atom stereocenters. The van der Waals surface area contributed by atoms with E-state index in [1.165, 1.54) is 30.2 Å². The zero-order valence-electron chi connectivity index (χ0n) is 15.5. The van der Waals surface area contributed by atoms with Gasteiger partial charge in [-0.15, -0.1) is 0 Å². The molecule has 2 amide bonds. The first-order valence-corrected chi connectivity index (χ1v) is 9.06. The van der Waals surface area contributed by atoms with Crippen molar-refractivity contribution in [2.45, 2.75) is 38.8 Å². The van der Waals surface area contributed by atoms with Gasteiger partial charge in [-0.3, -0.25) is 9.59 Å². The van der Waals surface area contributed by atoms with E-state index in [2.05, 4.69) is 5.32 Å². The number of hydrogen-bond acceptors (Lipinski definition) is 5. The van der Waals surface area contributed by atoms with Gasteiger partial charge in [0.25, 0.3) is 5.91 Å². The lowest BCUT2D eigenvalue weighted by atomic mass is 10.0. The monoisotopic (exact) mass is 391 g/mol. The number of methoxy groups -OCH3 is 1. The number of amides is 2. The van der Waals surface area contributed by atoms with E-state index < -0.39 is 24.0 Å². The summed E-state index contributed by atoms with van der Waals surface area (Å²) in [6.45, 7) is 4.07. The molecule has 0 radical (unpaired) electrons. The number of carbonyl (C=O) groups is 3. The van der Waals surface area contributed by atoms with Gasteiger partial charge in [-0.2, -0.15) is 5.26 Å². The molecule has 1 N–H and O–H groups in total. The molecule has 1 aliphatic heterocycles. The fraction of sp³-hybridized carbons (Fsp3) is 0.474. The fourth-order valence-electron chi connectivity index (χ4n) is 3.08. The van der Waals surface area contributed by atoms with Crippen molar-refractivity contribution in [3.63, 3.8) is 0 Å². The third-order valence-electron chi connectivity index (χ3n) is 4.58. The van der Waals surface area contributed by atoms with Crippen molar-refractivity contribution in [2.24, 2.45) is 5.92 Å². The quantitative estimate of drug-likeness (QED) is 0.775. The van der Waals surface area contributed by atoms with Gasteiger partial charge in [-0.25, -0.2) is 4.79 Å². The van der Waals surface area contributed by atoms with Crippen LogP contribution >= 0.6 is 11.6 Å². The molecule has 2 rings (SSSR count). The maximum atomic E-state index is 13.0. The van der Waals surface area contributed by atoms with Crippen LogP contribution < -0.4 is 5.32 Å². The van der Waals surface area contributed by atoms with E-state index in [1.54, 1.807) is 0 Å². The number of likely N-dealkylation sites (tertiary alicyclic amines) is 1. The Kier molecular flexibility index (Phi) is 6.81. The molecule has 27 heavy (non-hydrogen) atoms. The van der Waals surface area contributed by atoms with E-state index in [9.17, 15) is 14.4 Å². The van der Waals surface area contributed by atoms with Gasteiger partial charge in [0.05, 0.1) is 17.7 Å². The molecule has 0 unspecified atom stereocenters. The molecule has 0 spiro atoms. The van der Waals surface area contributed by atoms with Crippen molar-refractivity contribution in [1.82, 2.24) is 10.2 Å². The lowest BCUT2D eigenvalue weighted by Gasteiger charge is -2.29. The predicted octanol–water partition coefficient (Wildman–Crippen LogP) is 2.13. The molecule has 1 aromatic rings. The molecule has 1 fully saturated rings. The number of nitrogens with zero attached hydrogens (tertiary/aromatic N) is 2. The minimum atomic E-state index is -0.802. The van der Waals surface area contributed by atoms with Crippen LogP contribution in [0.1, 0.15) is 42.6 Å². The van der Waals surface area contributed by atoms with Crippen LogP contribution in [0, 0.1) is 17.2 Å². The van der Waals surface area contributed by atoms with Crippen molar-refractivity contribution < 1.29 is 19.1 Å². The van der Waals surface area contributed by atoms with Crippen LogP contribution in [0.3, 0.4) is 0 Å². The van der Waals surface area contributed by atoms with Crippen LogP contribution in [0.5, 0.6) is 0 Å². The highest BCUT2D eigenvalue weighted by atomic mass is 35.5.